The Morgan fingerprint density at radius 3 is 2.39 bits per heavy atom. The summed E-state index contributed by atoms with van der Waals surface area (Å²) < 4.78 is 2.23. The molecule has 2 aromatic heterocycles. The molecule has 0 radical (unpaired) electrons. The van der Waals surface area contributed by atoms with Crippen LogP contribution in [0.2, 0.25) is 0 Å². The number of hydrogen-bond acceptors (Lipinski definition) is 5. The average Bonchev–Trinajstić information content (AvgIpc) is 3.79. The Hall–Kier alpha value is -4.21. The molecule has 3 heterocycles. The minimum absolute atomic E-state index is 0.254. The van der Waals surface area contributed by atoms with Crippen LogP contribution in [0.5, 0.6) is 0 Å². The zero-order valence-corrected chi connectivity index (χ0v) is 26.0. The van der Waals surface area contributed by atoms with Gasteiger partial charge < -0.3 is 25.2 Å². The predicted octanol–water partition coefficient (Wildman–Crippen LogP) is 6.50. The third kappa shape index (κ3) is 5.94. The number of aliphatic carboxylic acids is 1. The van der Waals surface area contributed by atoms with Crippen LogP contribution in [0.4, 0.5) is 5.69 Å². The van der Waals surface area contributed by atoms with Crippen molar-refractivity contribution in [1.29, 1.82) is 0 Å². The van der Waals surface area contributed by atoms with Crippen molar-refractivity contribution in [3.8, 4) is 11.3 Å². The van der Waals surface area contributed by atoms with Crippen LogP contribution in [0.3, 0.4) is 0 Å². The van der Waals surface area contributed by atoms with E-state index in [-0.39, 0.29) is 11.8 Å². The maximum absolute atomic E-state index is 13.9. The van der Waals surface area contributed by atoms with Crippen LogP contribution in [0.15, 0.2) is 65.4 Å². The standard InChI is InChI=1S/C35H38N4O4S/c1-38-18-16-35(17-19-38,34(43)36-27-11-7-23(8-12-27)9-14-30(40)41)37-33(42)25-10-13-28-29(21-25)39(2)32(26-15-20-44-22-26)31(28)24-5-3-4-6-24/h7-15,20-22,24H,3-6,16-19H2,1-2H3,(H,36,43)(H,37,42)(H,40,41)/b14-9+. The van der Waals surface area contributed by atoms with E-state index in [9.17, 15) is 14.4 Å². The second kappa shape index (κ2) is 12.4. The van der Waals surface area contributed by atoms with Crippen LogP contribution in [-0.4, -0.2) is 58.0 Å². The van der Waals surface area contributed by atoms with E-state index in [1.165, 1.54) is 54.0 Å². The van der Waals surface area contributed by atoms with Crippen molar-refractivity contribution in [2.45, 2.75) is 50.0 Å². The summed E-state index contributed by atoms with van der Waals surface area (Å²) in [5, 5.41) is 20.5. The summed E-state index contributed by atoms with van der Waals surface area (Å²) in [4.78, 5) is 40.7. The Kier molecular flexibility index (Phi) is 8.42. The van der Waals surface area contributed by atoms with E-state index in [0.717, 1.165) is 11.6 Å². The molecule has 4 aromatic rings. The summed E-state index contributed by atoms with van der Waals surface area (Å²) in [5.74, 6) is -1.02. The number of amides is 2. The first kappa shape index (κ1) is 29.8. The monoisotopic (exact) mass is 610 g/mol. The number of aromatic nitrogens is 1. The summed E-state index contributed by atoms with van der Waals surface area (Å²) in [7, 11) is 4.10. The molecule has 1 aliphatic heterocycles. The molecule has 0 bridgehead atoms. The zero-order valence-electron chi connectivity index (χ0n) is 25.1. The van der Waals surface area contributed by atoms with E-state index in [4.69, 9.17) is 5.11 Å². The van der Waals surface area contributed by atoms with Gasteiger partial charge in [-0.2, -0.15) is 11.3 Å². The van der Waals surface area contributed by atoms with Crippen molar-refractivity contribution in [3.05, 3.63) is 82.1 Å². The number of nitrogens with zero attached hydrogens (tertiary/aromatic N) is 2. The topological polar surface area (TPSA) is 104 Å². The first-order valence-corrected chi connectivity index (χ1v) is 16.2. The number of hydrogen-bond donors (Lipinski definition) is 3. The van der Waals surface area contributed by atoms with Gasteiger partial charge in [0, 0.05) is 59.3 Å². The molecule has 1 saturated carbocycles. The van der Waals surface area contributed by atoms with E-state index < -0.39 is 11.5 Å². The molecule has 44 heavy (non-hydrogen) atoms. The van der Waals surface area contributed by atoms with E-state index >= 15 is 0 Å². The fourth-order valence-corrected chi connectivity index (χ4v) is 7.42. The molecule has 0 spiro atoms. The number of carboxylic acid groups (broad SMARTS) is 1. The molecule has 2 aromatic carbocycles. The van der Waals surface area contributed by atoms with Crippen LogP contribution in [-0.2, 0) is 16.6 Å². The molecule has 2 amide bonds. The first-order chi connectivity index (χ1) is 21.2. The number of carbonyl (C=O) groups excluding carboxylic acids is 2. The summed E-state index contributed by atoms with van der Waals surface area (Å²) in [6.45, 7) is 1.36. The van der Waals surface area contributed by atoms with E-state index in [1.54, 1.807) is 35.6 Å². The minimum atomic E-state index is -1.06. The van der Waals surface area contributed by atoms with Gasteiger partial charge in [0.1, 0.15) is 5.54 Å². The lowest BCUT2D eigenvalue weighted by Gasteiger charge is -2.40. The highest BCUT2D eigenvalue weighted by Crippen LogP contribution is 2.45. The number of thiophene rings is 1. The van der Waals surface area contributed by atoms with Crippen LogP contribution < -0.4 is 10.6 Å². The lowest BCUT2D eigenvalue weighted by Crippen LogP contribution is -2.61. The Labute approximate surface area is 261 Å². The number of likely N-dealkylation sites (tertiary alicyclic amines) is 1. The number of piperidine rings is 1. The summed E-state index contributed by atoms with van der Waals surface area (Å²) >= 11 is 1.70. The number of anilines is 1. The number of benzene rings is 2. The van der Waals surface area contributed by atoms with Crippen LogP contribution in [0, 0.1) is 0 Å². The quantitative estimate of drug-likeness (QED) is 0.198. The molecule has 9 heteroatoms. The Balaban J connectivity index is 1.28. The molecular weight excluding hydrogens is 572 g/mol. The summed E-state index contributed by atoms with van der Waals surface area (Å²) in [6.07, 6.45) is 8.41. The highest BCUT2D eigenvalue weighted by Gasteiger charge is 2.42. The molecule has 228 valence electrons. The second-order valence-corrected chi connectivity index (χ2v) is 12.9. The fourth-order valence-electron chi connectivity index (χ4n) is 6.78. The third-order valence-corrected chi connectivity index (χ3v) is 9.96. The molecule has 1 aliphatic carbocycles. The number of carboxylic acids is 1. The van der Waals surface area contributed by atoms with Crippen molar-refractivity contribution in [2.24, 2.45) is 7.05 Å². The van der Waals surface area contributed by atoms with Gasteiger partial charge >= 0.3 is 5.97 Å². The summed E-state index contributed by atoms with van der Waals surface area (Å²) in [6, 6.07) is 15.1. The van der Waals surface area contributed by atoms with Gasteiger partial charge in [-0.3, -0.25) is 9.59 Å². The van der Waals surface area contributed by atoms with Crippen molar-refractivity contribution < 1.29 is 19.5 Å². The molecule has 2 aliphatic rings. The third-order valence-electron chi connectivity index (χ3n) is 9.27. The van der Waals surface area contributed by atoms with Crippen molar-refractivity contribution >= 4 is 51.8 Å². The van der Waals surface area contributed by atoms with Gasteiger partial charge in [-0.1, -0.05) is 31.0 Å². The maximum Gasteiger partial charge on any atom is 0.328 e. The van der Waals surface area contributed by atoms with Gasteiger partial charge in [0.25, 0.3) is 5.91 Å². The number of aryl methyl sites for hydroxylation is 1. The summed E-state index contributed by atoms with van der Waals surface area (Å²) in [5.41, 5.74) is 5.64. The fraction of sp³-hybridized carbons (Fsp3) is 0.343. The molecular formula is C35H38N4O4S. The van der Waals surface area contributed by atoms with Crippen molar-refractivity contribution in [1.82, 2.24) is 14.8 Å². The van der Waals surface area contributed by atoms with E-state index in [1.807, 2.05) is 19.2 Å². The lowest BCUT2D eigenvalue weighted by molar-refractivity contribution is -0.131. The Bertz CT molecular complexity index is 1710. The zero-order chi connectivity index (χ0) is 30.8. The number of rotatable bonds is 8. The highest BCUT2D eigenvalue weighted by atomic mass is 32.1. The number of fused-ring (bicyclic) bond motifs is 1. The molecule has 3 N–H and O–H groups in total. The van der Waals surface area contributed by atoms with Gasteiger partial charge in [0.05, 0.1) is 5.69 Å². The largest absolute Gasteiger partial charge is 0.478 e. The van der Waals surface area contributed by atoms with E-state index in [0.29, 0.717) is 48.7 Å². The van der Waals surface area contributed by atoms with Crippen LogP contribution in [0.25, 0.3) is 28.2 Å². The smallest absolute Gasteiger partial charge is 0.328 e. The first-order valence-electron chi connectivity index (χ1n) is 15.2. The van der Waals surface area contributed by atoms with Gasteiger partial charge in [0.15, 0.2) is 0 Å². The Morgan fingerprint density at radius 1 is 1.00 bits per heavy atom. The van der Waals surface area contributed by atoms with Gasteiger partial charge in [0.2, 0.25) is 5.91 Å². The molecule has 1 saturated heterocycles. The minimum Gasteiger partial charge on any atom is -0.478 e. The second-order valence-electron chi connectivity index (χ2n) is 12.1. The van der Waals surface area contributed by atoms with Crippen molar-refractivity contribution in [3.63, 3.8) is 0 Å². The molecule has 6 rings (SSSR count). The van der Waals surface area contributed by atoms with Crippen LogP contribution in [0.1, 0.15) is 65.9 Å². The van der Waals surface area contributed by atoms with Crippen LogP contribution >= 0.6 is 11.3 Å². The van der Waals surface area contributed by atoms with Gasteiger partial charge in [-0.05, 0) is 91.6 Å². The number of nitrogens with one attached hydrogen (secondary N) is 2. The van der Waals surface area contributed by atoms with Gasteiger partial charge in [-0.25, -0.2) is 4.79 Å². The average molecular weight is 611 g/mol. The number of carbonyl (C=O) groups is 3. The van der Waals surface area contributed by atoms with Crippen molar-refractivity contribution in [2.75, 3.05) is 25.5 Å². The van der Waals surface area contributed by atoms with E-state index in [2.05, 4.69) is 50.0 Å². The molecule has 2 fully saturated rings. The Morgan fingerprint density at radius 2 is 1.73 bits per heavy atom. The van der Waals surface area contributed by atoms with Gasteiger partial charge in [-0.15, -0.1) is 0 Å². The SMILES string of the molecule is CN1CCC(NC(=O)c2ccc3c(C4CCCC4)c(-c4ccsc4)n(C)c3c2)(C(=O)Nc2ccc(/C=C/C(=O)O)cc2)CC1. The normalized spacial score (nSPS) is 17.3. The highest BCUT2D eigenvalue weighted by molar-refractivity contribution is 7.08. The maximum atomic E-state index is 13.9. The predicted molar refractivity (Wildman–Crippen MR) is 176 cm³/mol. The lowest BCUT2D eigenvalue weighted by atomic mass is 9.86. The molecule has 0 unspecified atom stereocenters. The molecule has 0 atom stereocenters. The molecule has 8 nitrogen and oxygen atoms in total.